The highest BCUT2D eigenvalue weighted by Crippen LogP contribution is 2.14. The summed E-state index contributed by atoms with van der Waals surface area (Å²) < 4.78 is 0. The van der Waals surface area contributed by atoms with Gasteiger partial charge in [0.25, 0.3) is 0 Å². The third-order valence-corrected chi connectivity index (χ3v) is 1.71. The molecule has 0 aliphatic rings. The van der Waals surface area contributed by atoms with E-state index in [1.54, 1.807) is 11.3 Å². The maximum atomic E-state index is 4.84. The Kier molecular flexibility index (Phi) is 2.19. The standard InChI is InChI=1S/C6H7NS2/c1-5(8)7-6-3-2-4-9-6/h2-4H,1H3,(H,7,8). The molecule has 1 nitrogen and oxygen atoms in total. The fourth-order valence-corrected chi connectivity index (χ4v) is 1.37. The van der Waals surface area contributed by atoms with Gasteiger partial charge in [-0.25, -0.2) is 0 Å². The van der Waals surface area contributed by atoms with Gasteiger partial charge in [0.2, 0.25) is 0 Å². The number of hydrogen-bond acceptors (Lipinski definition) is 2. The molecule has 1 N–H and O–H groups in total. The lowest BCUT2D eigenvalue weighted by Crippen LogP contribution is -2.00. The molecule has 0 bridgehead atoms. The summed E-state index contributed by atoms with van der Waals surface area (Å²) in [6.07, 6.45) is 0. The van der Waals surface area contributed by atoms with Gasteiger partial charge in [-0.15, -0.1) is 11.3 Å². The minimum atomic E-state index is 0.817. The van der Waals surface area contributed by atoms with Crippen molar-refractivity contribution in [1.29, 1.82) is 0 Å². The lowest BCUT2D eigenvalue weighted by Gasteiger charge is -1.95. The second kappa shape index (κ2) is 2.94. The fraction of sp³-hybridized carbons (Fsp3) is 0.167. The second-order valence-electron chi connectivity index (χ2n) is 1.66. The van der Waals surface area contributed by atoms with Crippen molar-refractivity contribution in [3.8, 4) is 0 Å². The van der Waals surface area contributed by atoms with Crippen LogP contribution in [0.3, 0.4) is 0 Å². The zero-order valence-electron chi connectivity index (χ0n) is 5.05. The number of anilines is 1. The third-order valence-electron chi connectivity index (χ3n) is 0.820. The highest BCUT2D eigenvalue weighted by atomic mass is 32.1. The first-order chi connectivity index (χ1) is 4.29. The van der Waals surface area contributed by atoms with E-state index in [1.165, 1.54) is 0 Å². The number of hydrogen-bond donors (Lipinski definition) is 1. The quantitative estimate of drug-likeness (QED) is 0.629. The Labute approximate surface area is 63.7 Å². The van der Waals surface area contributed by atoms with Gasteiger partial charge < -0.3 is 5.32 Å². The molecule has 0 aromatic carbocycles. The average molecular weight is 157 g/mol. The van der Waals surface area contributed by atoms with Crippen LogP contribution in [-0.4, -0.2) is 4.99 Å². The molecule has 0 fully saturated rings. The highest BCUT2D eigenvalue weighted by Gasteiger charge is 1.89. The summed E-state index contributed by atoms with van der Waals surface area (Å²) in [5.41, 5.74) is 0. The summed E-state index contributed by atoms with van der Waals surface area (Å²) in [5, 5.41) is 6.16. The van der Waals surface area contributed by atoms with E-state index >= 15 is 0 Å². The minimum Gasteiger partial charge on any atom is -0.342 e. The first-order valence-electron chi connectivity index (χ1n) is 2.60. The van der Waals surface area contributed by atoms with Gasteiger partial charge >= 0.3 is 0 Å². The summed E-state index contributed by atoms with van der Waals surface area (Å²) >= 11 is 6.49. The van der Waals surface area contributed by atoms with E-state index in [0.29, 0.717) is 0 Å². The molecule has 9 heavy (non-hydrogen) atoms. The van der Waals surface area contributed by atoms with Crippen molar-refractivity contribution >= 4 is 33.5 Å². The normalized spacial score (nSPS) is 9.00. The molecule has 0 amide bonds. The van der Waals surface area contributed by atoms with Crippen LogP contribution in [-0.2, 0) is 0 Å². The van der Waals surface area contributed by atoms with Gasteiger partial charge in [-0.1, -0.05) is 12.2 Å². The van der Waals surface area contributed by atoms with Crippen LogP contribution in [0, 0.1) is 0 Å². The van der Waals surface area contributed by atoms with Gasteiger partial charge in [-0.05, 0) is 24.4 Å². The van der Waals surface area contributed by atoms with Crippen molar-refractivity contribution in [3.05, 3.63) is 17.5 Å². The topological polar surface area (TPSA) is 12.0 Å². The van der Waals surface area contributed by atoms with Crippen molar-refractivity contribution in [2.24, 2.45) is 0 Å². The molecule has 0 aliphatic heterocycles. The van der Waals surface area contributed by atoms with Crippen LogP contribution >= 0.6 is 23.6 Å². The molecule has 3 heteroatoms. The molecule has 1 rings (SSSR count). The Morgan fingerprint density at radius 2 is 2.56 bits per heavy atom. The van der Waals surface area contributed by atoms with Crippen LogP contribution < -0.4 is 5.32 Å². The molecular weight excluding hydrogens is 150 g/mol. The molecule has 1 heterocycles. The molecule has 1 aromatic rings. The third kappa shape index (κ3) is 2.11. The molecule has 48 valence electrons. The molecule has 0 saturated carbocycles. The van der Waals surface area contributed by atoms with Crippen LogP contribution in [0.2, 0.25) is 0 Å². The van der Waals surface area contributed by atoms with E-state index in [9.17, 15) is 0 Å². The van der Waals surface area contributed by atoms with Crippen LogP contribution in [0.15, 0.2) is 17.5 Å². The maximum absolute atomic E-state index is 4.84. The van der Waals surface area contributed by atoms with Gasteiger partial charge in [-0.2, -0.15) is 0 Å². The molecule has 0 spiro atoms. The predicted molar refractivity (Wildman–Crippen MR) is 46.2 cm³/mol. The van der Waals surface area contributed by atoms with Crippen LogP contribution in [0.4, 0.5) is 5.00 Å². The van der Waals surface area contributed by atoms with Crippen molar-refractivity contribution in [2.75, 3.05) is 5.32 Å². The number of thiophene rings is 1. The first-order valence-corrected chi connectivity index (χ1v) is 3.89. The molecular formula is C6H7NS2. The Hall–Kier alpha value is -0.410. The monoisotopic (exact) mass is 157 g/mol. The van der Waals surface area contributed by atoms with Crippen molar-refractivity contribution in [3.63, 3.8) is 0 Å². The van der Waals surface area contributed by atoms with E-state index < -0.39 is 0 Å². The number of rotatable bonds is 1. The van der Waals surface area contributed by atoms with Crippen LogP contribution in [0.5, 0.6) is 0 Å². The Morgan fingerprint density at radius 3 is 3.00 bits per heavy atom. The lowest BCUT2D eigenvalue weighted by atomic mass is 10.6. The summed E-state index contributed by atoms with van der Waals surface area (Å²) in [7, 11) is 0. The molecule has 0 radical (unpaired) electrons. The largest absolute Gasteiger partial charge is 0.342 e. The Morgan fingerprint density at radius 1 is 1.78 bits per heavy atom. The van der Waals surface area contributed by atoms with E-state index in [2.05, 4.69) is 5.32 Å². The van der Waals surface area contributed by atoms with Crippen LogP contribution in [0.1, 0.15) is 6.92 Å². The van der Waals surface area contributed by atoms with Crippen molar-refractivity contribution in [1.82, 2.24) is 0 Å². The summed E-state index contributed by atoms with van der Waals surface area (Å²) in [6, 6.07) is 3.99. The zero-order chi connectivity index (χ0) is 6.69. The second-order valence-corrected chi connectivity index (χ2v) is 3.22. The molecule has 0 aliphatic carbocycles. The minimum absolute atomic E-state index is 0.817. The average Bonchev–Trinajstić information content (AvgIpc) is 2.15. The van der Waals surface area contributed by atoms with E-state index in [-0.39, 0.29) is 0 Å². The van der Waals surface area contributed by atoms with E-state index in [0.717, 1.165) is 9.99 Å². The fourth-order valence-electron chi connectivity index (χ4n) is 0.523. The lowest BCUT2D eigenvalue weighted by molar-refractivity contribution is 1.78. The van der Waals surface area contributed by atoms with Crippen molar-refractivity contribution < 1.29 is 0 Å². The van der Waals surface area contributed by atoms with E-state index in [1.807, 2.05) is 24.4 Å². The van der Waals surface area contributed by atoms with Gasteiger partial charge in [0, 0.05) is 0 Å². The van der Waals surface area contributed by atoms with E-state index in [4.69, 9.17) is 12.2 Å². The molecule has 0 unspecified atom stereocenters. The number of thiocarbonyl (C=S) groups is 1. The van der Waals surface area contributed by atoms with Gasteiger partial charge in [0.1, 0.15) is 0 Å². The summed E-state index contributed by atoms with van der Waals surface area (Å²) in [6.45, 7) is 1.87. The van der Waals surface area contributed by atoms with Gasteiger partial charge in [-0.3, -0.25) is 0 Å². The Balaban J connectivity index is 2.58. The SMILES string of the molecule is CC(=S)Nc1cccs1. The zero-order valence-corrected chi connectivity index (χ0v) is 6.68. The molecule has 0 atom stereocenters. The highest BCUT2D eigenvalue weighted by molar-refractivity contribution is 7.80. The summed E-state index contributed by atoms with van der Waals surface area (Å²) in [5.74, 6) is 0. The van der Waals surface area contributed by atoms with Crippen LogP contribution in [0.25, 0.3) is 0 Å². The van der Waals surface area contributed by atoms with Crippen molar-refractivity contribution in [2.45, 2.75) is 6.92 Å². The molecule has 1 aromatic heterocycles. The maximum Gasteiger partial charge on any atom is 0.0930 e. The van der Waals surface area contributed by atoms with Gasteiger partial charge in [0.05, 0.1) is 9.99 Å². The first kappa shape index (κ1) is 6.71. The Bertz CT molecular complexity index is 191. The predicted octanol–water partition coefficient (Wildman–Crippen LogP) is 2.51. The smallest absolute Gasteiger partial charge is 0.0930 e. The molecule has 0 saturated heterocycles. The summed E-state index contributed by atoms with van der Waals surface area (Å²) in [4.78, 5) is 0.817. The number of nitrogens with one attached hydrogen (secondary N) is 1. The van der Waals surface area contributed by atoms with Gasteiger partial charge in [0.15, 0.2) is 0 Å².